The third-order valence-corrected chi connectivity index (χ3v) is 2.92. The fraction of sp³-hybridized carbons (Fsp3) is 0.333. The van der Waals surface area contributed by atoms with E-state index in [4.69, 9.17) is 9.47 Å². The molecule has 108 valence electrons. The zero-order valence-corrected chi connectivity index (χ0v) is 11.7. The van der Waals surface area contributed by atoms with E-state index >= 15 is 0 Å². The van der Waals surface area contributed by atoms with Crippen molar-refractivity contribution >= 4 is 29.4 Å². The van der Waals surface area contributed by atoms with E-state index in [1.165, 1.54) is 17.4 Å². The lowest BCUT2D eigenvalue weighted by Gasteiger charge is -2.13. The molecule has 1 aromatic heterocycles. The second-order valence-corrected chi connectivity index (χ2v) is 4.56. The SMILES string of the molecule is CCOC(=O)C(OC(C)=O)/C(=C/c1cccs1)[N+](=O)[O-]. The summed E-state index contributed by atoms with van der Waals surface area (Å²) in [4.78, 5) is 33.6. The van der Waals surface area contributed by atoms with Gasteiger partial charge < -0.3 is 9.47 Å². The highest BCUT2D eigenvalue weighted by Gasteiger charge is 2.36. The monoisotopic (exact) mass is 299 g/mol. The van der Waals surface area contributed by atoms with E-state index in [0.29, 0.717) is 4.88 Å². The molecule has 0 aromatic carbocycles. The Bertz CT molecular complexity index is 522. The first-order valence-electron chi connectivity index (χ1n) is 5.69. The summed E-state index contributed by atoms with van der Waals surface area (Å²) in [5.41, 5.74) is -0.541. The minimum absolute atomic E-state index is 0.0284. The quantitative estimate of drug-likeness (QED) is 0.452. The van der Waals surface area contributed by atoms with E-state index in [9.17, 15) is 19.7 Å². The Morgan fingerprint density at radius 3 is 2.70 bits per heavy atom. The van der Waals surface area contributed by atoms with Crippen molar-refractivity contribution in [1.82, 2.24) is 0 Å². The Morgan fingerprint density at radius 2 is 2.25 bits per heavy atom. The maximum Gasteiger partial charge on any atom is 0.358 e. The third-order valence-electron chi connectivity index (χ3n) is 2.10. The van der Waals surface area contributed by atoms with Gasteiger partial charge in [0.1, 0.15) is 0 Å². The van der Waals surface area contributed by atoms with Crippen LogP contribution in [-0.2, 0) is 19.1 Å². The van der Waals surface area contributed by atoms with Crippen molar-refractivity contribution in [2.75, 3.05) is 6.61 Å². The van der Waals surface area contributed by atoms with Crippen LogP contribution in [0.5, 0.6) is 0 Å². The highest BCUT2D eigenvalue weighted by Crippen LogP contribution is 2.18. The molecule has 0 bridgehead atoms. The van der Waals surface area contributed by atoms with Gasteiger partial charge >= 0.3 is 11.9 Å². The molecule has 1 aromatic rings. The van der Waals surface area contributed by atoms with Crippen LogP contribution in [-0.4, -0.2) is 29.6 Å². The Balaban J connectivity index is 3.14. The van der Waals surface area contributed by atoms with Crippen molar-refractivity contribution in [3.63, 3.8) is 0 Å². The second kappa shape index (κ2) is 7.39. The van der Waals surface area contributed by atoms with Gasteiger partial charge in [-0.1, -0.05) is 6.07 Å². The van der Waals surface area contributed by atoms with Gasteiger partial charge in [0.2, 0.25) is 0 Å². The first kappa shape index (κ1) is 15.8. The van der Waals surface area contributed by atoms with E-state index < -0.39 is 28.7 Å². The number of nitrogens with zero attached hydrogens (tertiary/aromatic N) is 1. The lowest BCUT2D eigenvalue weighted by molar-refractivity contribution is -0.432. The molecule has 7 nitrogen and oxygen atoms in total. The van der Waals surface area contributed by atoms with Crippen LogP contribution in [0.15, 0.2) is 23.2 Å². The Kier molecular flexibility index (Phi) is 5.85. The van der Waals surface area contributed by atoms with Crippen LogP contribution in [0.3, 0.4) is 0 Å². The zero-order chi connectivity index (χ0) is 15.1. The van der Waals surface area contributed by atoms with Gasteiger partial charge in [0, 0.05) is 17.9 Å². The summed E-state index contributed by atoms with van der Waals surface area (Å²) in [7, 11) is 0. The predicted octanol–water partition coefficient (Wildman–Crippen LogP) is 1.86. The number of hydrogen-bond acceptors (Lipinski definition) is 7. The smallest absolute Gasteiger partial charge is 0.358 e. The van der Waals surface area contributed by atoms with Crippen molar-refractivity contribution in [1.29, 1.82) is 0 Å². The molecule has 1 rings (SSSR count). The number of hydrogen-bond donors (Lipinski definition) is 0. The van der Waals surface area contributed by atoms with Crippen LogP contribution in [0.1, 0.15) is 18.7 Å². The minimum Gasteiger partial charge on any atom is -0.463 e. The molecule has 0 aliphatic heterocycles. The number of nitro groups is 1. The number of rotatable bonds is 6. The summed E-state index contributed by atoms with van der Waals surface area (Å²) in [5.74, 6) is -1.77. The van der Waals surface area contributed by atoms with Gasteiger partial charge in [-0.2, -0.15) is 0 Å². The van der Waals surface area contributed by atoms with Gasteiger partial charge in [-0.3, -0.25) is 14.9 Å². The molecule has 0 N–H and O–H groups in total. The zero-order valence-electron chi connectivity index (χ0n) is 10.9. The summed E-state index contributed by atoms with van der Waals surface area (Å²) >= 11 is 1.26. The first-order chi connectivity index (χ1) is 9.45. The van der Waals surface area contributed by atoms with Crippen LogP contribution in [0.2, 0.25) is 0 Å². The van der Waals surface area contributed by atoms with Crippen molar-refractivity contribution in [3.05, 3.63) is 38.2 Å². The van der Waals surface area contributed by atoms with E-state index in [0.717, 1.165) is 6.92 Å². The molecule has 0 aliphatic carbocycles. The molecule has 0 radical (unpaired) electrons. The van der Waals surface area contributed by atoms with Crippen molar-refractivity contribution < 1.29 is 24.0 Å². The maximum atomic E-state index is 11.7. The molecule has 0 spiro atoms. The van der Waals surface area contributed by atoms with E-state index in [-0.39, 0.29) is 6.61 Å². The van der Waals surface area contributed by atoms with Crippen LogP contribution >= 0.6 is 11.3 Å². The summed E-state index contributed by atoms with van der Waals surface area (Å²) in [5, 5.41) is 12.8. The Labute approximate surface area is 119 Å². The average Bonchev–Trinajstić information content (AvgIpc) is 2.86. The molecular formula is C12H13NO6S. The molecule has 1 atom stereocenters. The summed E-state index contributed by atoms with van der Waals surface area (Å²) < 4.78 is 9.42. The average molecular weight is 299 g/mol. The van der Waals surface area contributed by atoms with Gasteiger partial charge in [0.15, 0.2) is 0 Å². The van der Waals surface area contributed by atoms with Crippen LogP contribution in [0.25, 0.3) is 6.08 Å². The Morgan fingerprint density at radius 1 is 1.55 bits per heavy atom. The lowest BCUT2D eigenvalue weighted by Crippen LogP contribution is -2.33. The third kappa shape index (κ3) is 4.47. The van der Waals surface area contributed by atoms with Crippen LogP contribution < -0.4 is 0 Å². The number of carbonyl (C=O) groups is 2. The largest absolute Gasteiger partial charge is 0.463 e. The standard InChI is InChI=1S/C12H13NO6S/c1-3-18-12(15)11(19-8(2)14)10(13(16)17)7-9-5-4-6-20-9/h4-7,11H,3H2,1-2H3/b10-7-. The van der Waals surface area contributed by atoms with Crippen molar-refractivity contribution in [2.45, 2.75) is 20.0 Å². The fourth-order valence-corrected chi connectivity index (χ4v) is 2.02. The minimum atomic E-state index is -1.68. The Hall–Kier alpha value is -2.22. The normalized spacial score (nSPS) is 12.6. The van der Waals surface area contributed by atoms with E-state index in [1.807, 2.05) is 0 Å². The second-order valence-electron chi connectivity index (χ2n) is 3.58. The highest BCUT2D eigenvalue weighted by atomic mass is 32.1. The molecule has 0 saturated heterocycles. The summed E-state index contributed by atoms with van der Waals surface area (Å²) in [6.07, 6.45) is -0.487. The molecule has 0 fully saturated rings. The number of carbonyl (C=O) groups excluding carboxylic acids is 2. The molecule has 1 unspecified atom stereocenters. The molecule has 1 heterocycles. The molecule has 0 aliphatic rings. The predicted molar refractivity (Wildman–Crippen MR) is 71.5 cm³/mol. The molecular weight excluding hydrogens is 286 g/mol. The van der Waals surface area contributed by atoms with Gasteiger partial charge in [0.05, 0.1) is 11.5 Å². The van der Waals surface area contributed by atoms with Gasteiger partial charge in [0.25, 0.3) is 11.8 Å². The number of esters is 2. The van der Waals surface area contributed by atoms with Gasteiger partial charge in [-0.25, -0.2) is 4.79 Å². The first-order valence-corrected chi connectivity index (χ1v) is 6.57. The van der Waals surface area contributed by atoms with E-state index in [1.54, 1.807) is 24.4 Å². The lowest BCUT2D eigenvalue weighted by atomic mass is 10.2. The molecule has 0 amide bonds. The van der Waals surface area contributed by atoms with Crippen LogP contribution in [0.4, 0.5) is 0 Å². The highest BCUT2D eigenvalue weighted by molar-refractivity contribution is 7.10. The fourth-order valence-electron chi connectivity index (χ4n) is 1.36. The summed E-state index contributed by atoms with van der Waals surface area (Å²) in [6, 6.07) is 3.35. The number of thiophene rings is 1. The van der Waals surface area contributed by atoms with E-state index in [2.05, 4.69) is 0 Å². The molecule has 8 heteroatoms. The summed E-state index contributed by atoms with van der Waals surface area (Å²) in [6.45, 7) is 2.65. The molecule has 0 saturated carbocycles. The van der Waals surface area contributed by atoms with Crippen molar-refractivity contribution in [2.24, 2.45) is 0 Å². The maximum absolute atomic E-state index is 11.7. The van der Waals surface area contributed by atoms with Crippen LogP contribution in [0, 0.1) is 10.1 Å². The van der Waals surface area contributed by atoms with Gasteiger partial charge in [-0.15, -0.1) is 11.3 Å². The van der Waals surface area contributed by atoms with Gasteiger partial charge in [-0.05, 0) is 18.4 Å². The topological polar surface area (TPSA) is 95.7 Å². The van der Waals surface area contributed by atoms with Crippen molar-refractivity contribution in [3.8, 4) is 0 Å². The number of ether oxygens (including phenoxy) is 2. The molecule has 20 heavy (non-hydrogen) atoms.